The zero-order valence-electron chi connectivity index (χ0n) is 14.7. The maximum absolute atomic E-state index is 14.2. The molecule has 2 aliphatic rings. The van der Waals surface area contributed by atoms with Crippen molar-refractivity contribution in [2.24, 2.45) is 0 Å². The van der Waals surface area contributed by atoms with Gasteiger partial charge < -0.3 is 9.64 Å². The van der Waals surface area contributed by atoms with Gasteiger partial charge in [0.15, 0.2) is 0 Å². The van der Waals surface area contributed by atoms with Gasteiger partial charge in [-0.05, 0) is 30.7 Å². The third-order valence-corrected chi connectivity index (χ3v) is 5.35. The van der Waals surface area contributed by atoms with Crippen LogP contribution in [0.1, 0.15) is 6.42 Å². The fourth-order valence-electron chi connectivity index (χ4n) is 3.97. The Hall–Kier alpha value is -2.93. The predicted octanol–water partition coefficient (Wildman–Crippen LogP) is 3.20. The van der Waals surface area contributed by atoms with Crippen LogP contribution >= 0.6 is 0 Å². The quantitative estimate of drug-likeness (QED) is 0.715. The van der Waals surface area contributed by atoms with Crippen LogP contribution in [0.2, 0.25) is 0 Å². The topological polar surface area (TPSA) is 50.6 Å². The first-order chi connectivity index (χ1) is 13.2. The molecular formula is C20H19FN4O2. The Morgan fingerprint density at radius 1 is 1.07 bits per heavy atom. The molecule has 0 spiro atoms. The van der Waals surface area contributed by atoms with E-state index in [2.05, 4.69) is 5.10 Å². The second-order valence-corrected chi connectivity index (χ2v) is 6.86. The number of halogens is 1. The van der Waals surface area contributed by atoms with Crippen molar-refractivity contribution in [3.05, 3.63) is 54.5 Å². The van der Waals surface area contributed by atoms with Crippen LogP contribution in [0.4, 0.5) is 14.9 Å². The first-order valence-electron chi connectivity index (χ1n) is 9.11. The van der Waals surface area contributed by atoms with Crippen molar-refractivity contribution < 1.29 is 13.9 Å². The number of fused-ring (bicyclic) bond motifs is 1. The van der Waals surface area contributed by atoms with Crippen LogP contribution < -0.4 is 4.90 Å². The summed E-state index contributed by atoms with van der Waals surface area (Å²) in [4.78, 5) is 16.7. The average molecular weight is 366 g/mol. The molecule has 0 unspecified atom stereocenters. The summed E-state index contributed by atoms with van der Waals surface area (Å²) in [7, 11) is 0. The molecule has 3 heterocycles. The summed E-state index contributed by atoms with van der Waals surface area (Å²) in [6, 6.07) is 12.4. The fourth-order valence-corrected chi connectivity index (χ4v) is 3.97. The van der Waals surface area contributed by atoms with Gasteiger partial charge in [0.25, 0.3) is 0 Å². The number of carbonyl (C=O) groups excluding carboxylic acids is 1. The second-order valence-electron chi connectivity index (χ2n) is 6.86. The van der Waals surface area contributed by atoms with Gasteiger partial charge in [-0.15, -0.1) is 0 Å². The maximum atomic E-state index is 14.2. The number of rotatable bonds is 3. The lowest BCUT2D eigenvalue weighted by Crippen LogP contribution is -2.39. The molecule has 1 atom stereocenters. The number of hydrogen-bond donors (Lipinski definition) is 0. The van der Waals surface area contributed by atoms with Crippen molar-refractivity contribution >= 4 is 22.6 Å². The van der Waals surface area contributed by atoms with E-state index in [1.165, 1.54) is 6.07 Å². The van der Waals surface area contributed by atoms with Gasteiger partial charge in [-0.1, -0.05) is 18.2 Å². The predicted molar refractivity (Wildman–Crippen MR) is 99.7 cm³/mol. The van der Waals surface area contributed by atoms with Crippen LogP contribution in [0.15, 0.2) is 48.7 Å². The van der Waals surface area contributed by atoms with E-state index in [9.17, 15) is 9.18 Å². The lowest BCUT2D eigenvalue weighted by atomic mass is 10.2. The molecule has 2 saturated heterocycles. The molecule has 138 valence electrons. The molecule has 1 aromatic heterocycles. The van der Waals surface area contributed by atoms with E-state index in [0.29, 0.717) is 32.0 Å². The zero-order chi connectivity index (χ0) is 18.4. The molecule has 0 bridgehead atoms. The SMILES string of the molecule is O=C1N(c2cccc3c2cnn3-c2ccccc2F)CCN1[C@@H]1CCOC1. The Morgan fingerprint density at radius 3 is 2.74 bits per heavy atom. The van der Waals surface area contributed by atoms with Gasteiger partial charge in [0.05, 0.1) is 30.0 Å². The van der Waals surface area contributed by atoms with Gasteiger partial charge >= 0.3 is 6.03 Å². The number of ether oxygens (including phenoxy) is 1. The van der Waals surface area contributed by atoms with Gasteiger partial charge in [0, 0.05) is 25.1 Å². The molecule has 0 saturated carbocycles. The maximum Gasteiger partial charge on any atom is 0.324 e. The van der Waals surface area contributed by atoms with Gasteiger partial charge in [-0.2, -0.15) is 5.10 Å². The van der Waals surface area contributed by atoms with E-state index in [1.807, 2.05) is 23.1 Å². The molecule has 0 N–H and O–H groups in total. The molecule has 7 heteroatoms. The highest BCUT2D eigenvalue weighted by atomic mass is 19.1. The lowest BCUT2D eigenvalue weighted by Gasteiger charge is -2.23. The van der Waals surface area contributed by atoms with Gasteiger partial charge in [0.1, 0.15) is 11.5 Å². The molecule has 2 amide bonds. The van der Waals surface area contributed by atoms with Crippen LogP contribution in [0.25, 0.3) is 16.6 Å². The van der Waals surface area contributed by atoms with Crippen LogP contribution in [0.3, 0.4) is 0 Å². The summed E-state index contributed by atoms with van der Waals surface area (Å²) < 4.78 is 21.2. The smallest absolute Gasteiger partial charge is 0.324 e. The Morgan fingerprint density at radius 2 is 1.93 bits per heavy atom. The minimum Gasteiger partial charge on any atom is -0.379 e. The molecule has 2 fully saturated rings. The summed E-state index contributed by atoms with van der Waals surface area (Å²) >= 11 is 0. The number of amides is 2. The number of para-hydroxylation sites is 1. The number of carbonyl (C=O) groups is 1. The van der Waals surface area contributed by atoms with Gasteiger partial charge in [-0.3, -0.25) is 4.90 Å². The average Bonchev–Trinajstić information content (AvgIpc) is 3.41. The van der Waals surface area contributed by atoms with Gasteiger partial charge in [-0.25, -0.2) is 13.9 Å². The first kappa shape index (κ1) is 16.3. The molecule has 0 radical (unpaired) electrons. The van der Waals surface area contributed by atoms with Crippen LogP contribution in [0, 0.1) is 5.82 Å². The van der Waals surface area contributed by atoms with Crippen LogP contribution in [0.5, 0.6) is 0 Å². The van der Waals surface area contributed by atoms with Gasteiger partial charge in [0.2, 0.25) is 0 Å². The van der Waals surface area contributed by atoms with Crippen molar-refractivity contribution in [2.45, 2.75) is 12.5 Å². The molecular weight excluding hydrogens is 347 g/mol. The summed E-state index contributed by atoms with van der Waals surface area (Å²) in [6.45, 7) is 2.62. The van der Waals surface area contributed by atoms with Crippen molar-refractivity contribution in [1.82, 2.24) is 14.7 Å². The first-order valence-corrected chi connectivity index (χ1v) is 9.11. The number of hydrogen-bond acceptors (Lipinski definition) is 3. The van der Waals surface area contributed by atoms with Crippen molar-refractivity contribution in [2.75, 3.05) is 31.2 Å². The highest BCUT2D eigenvalue weighted by Gasteiger charge is 2.36. The molecule has 2 aromatic carbocycles. The second kappa shape index (κ2) is 6.35. The number of aromatic nitrogens is 2. The molecule has 3 aromatic rings. The normalized spacial score (nSPS) is 20.2. The Balaban J connectivity index is 1.54. The van der Waals surface area contributed by atoms with E-state index in [1.54, 1.807) is 34.0 Å². The number of nitrogens with zero attached hydrogens (tertiary/aromatic N) is 4. The number of benzene rings is 2. The third-order valence-electron chi connectivity index (χ3n) is 5.35. The number of urea groups is 1. The van der Waals surface area contributed by atoms with E-state index >= 15 is 0 Å². The van der Waals surface area contributed by atoms with Crippen molar-refractivity contribution in [3.63, 3.8) is 0 Å². The van der Waals surface area contributed by atoms with Crippen LogP contribution in [-0.4, -0.2) is 53.1 Å². The summed E-state index contributed by atoms with van der Waals surface area (Å²) in [6.07, 6.45) is 2.58. The Bertz CT molecular complexity index is 1010. The van der Waals surface area contributed by atoms with E-state index in [4.69, 9.17) is 4.74 Å². The lowest BCUT2D eigenvalue weighted by molar-refractivity contribution is 0.161. The highest BCUT2D eigenvalue weighted by Crippen LogP contribution is 2.32. The summed E-state index contributed by atoms with van der Waals surface area (Å²) in [5.74, 6) is -0.336. The summed E-state index contributed by atoms with van der Waals surface area (Å²) in [5, 5.41) is 5.22. The molecule has 5 rings (SSSR count). The summed E-state index contributed by atoms with van der Waals surface area (Å²) in [5.41, 5.74) is 1.97. The van der Waals surface area contributed by atoms with E-state index in [-0.39, 0.29) is 17.9 Å². The number of anilines is 1. The highest BCUT2D eigenvalue weighted by molar-refractivity contribution is 6.03. The Kier molecular flexibility index (Phi) is 3.82. The standard InChI is InChI=1S/C20H19FN4O2/c21-16-4-1-2-5-19(16)25-18-7-3-6-17(15(18)12-22-25)24-10-9-23(20(24)26)14-8-11-27-13-14/h1-7,12,14H,8-11,13H2/t14-/m1/s1. The van der Waals surface area contributed by atoms with E-state index in [0.717, 1.165) is 23.0 Å². The molecule has 0 aliphatic carbocycles. The Labute approximate surface area is 155 Å². The largest absolute Gasteiger partial charge is 0.379 e. The van der Waals surface area contributed by atoms with Crippen molar-refractivity contribution in [1.29, 1.82) is 0 Å². The zero-order valence-corrected chi connectivity index (χ0v) is 14.7. The molecule has 2 aliphatic heterocycles. The van der Waals surface area contributed by atoms with Crippen molar-refractivity contribution in [3.8, 4) is 5.69 Å². The fraction of sp³-hybridized carbons (Fsp3) is 0.300. The van der Waals surface area contributed by atoms with E-state index < -0.39 is 0 Å². The monoisotopic (exact) mass is 366 g/mol. The minimum atomic E-state index is -0.336. The minimum absolute atomic E-state index is 0.00311. The molecule has 27 heavy (non-hydrogen) atoms. The third kappa shape index (κ3) is 2.57. The molecule has 6 nitrogen and oxygen atoms in total. The van der Waals surface area contributed by atoms with Crippen LogP contribution in [-0.2, 0) is 4.74 Å².